The Labute approximate surface area is 293 Å². The predicted molar refractivity (Wildman–Crippen MR) is 197 cm³/mol. The second kappa shape index (κ2) is 9.39. The van der Waals surface area contributed by atoms with Crippen LogP contribution in [0.15, 0.2) is 148 Å². The van der Waals surface area contributed by atoms with Crippen LogP contribution in [0.4, 0.5) is 38.9 Å². The van der Waals surface area contributed by atoms with Crippen LogP contribution < -0.4 is 0 Å². The average Bonchev–Trinajstić information content (AvgIpc) is 3.45. The van der Waals surface area contributed by atoms with E-state index in [0.717, 1.165) is 24.3 Å². The maximum atomic E-state index is 14.7. The Kier molecular flexibility index (Phi) is 5.92. The minimum absolute atomic E-state index is 0.0603. The molecule has 0 aliphatic carbocycles. The molecule has 0 fully saturated rings. The molecule has 9 aromatic rings. The lowest BCUT2D eigenvalue weighted by Crippen LogP contribution is -2.08. The van der Waals surface area contributed by atoms with Crippen molar-refractivity contribution >= 4 is 85.5 Å². The Bertz CT molecular complexity index is 2970. The van der Waals surface area contributed by atoms with E-state index >= 15 is 0 Å². The average molecular weight is 773 g/mol. The van der Waals surface area contributed by atoms with Crippen molar-refractivity contribution in [1.29, 1.82) is 0 Å². The van der Waals surface area contributed by atoms with Gasteiger partial charge in [0.2, 0.25) is 0 Å². The van der Waals surface area contributed by atoms with E-state index in [1.807, 2.05) is 0 Å². The largest absolute Gasteiger partial charge is 0.456 e. The first kappa shape index (κ1) is 33.4. The molecule has 8 aromatic carbocycles. The lowest BCUT2D eigenvalue weighted by atomic mass is 9.89. The number of rotatable bonds is 4. The molecule has 0 spiro atoms. The minimum atomic E-state index is -10.2. The van der Waals surface area contributed by atoms with Crippen LogP contribution in [0, 0.1) is 0 Å². The van der Waals surface area contributed by atoms with Gasteiger partial charge in [-0.05, 0) is 62.0 Å². The van der Waals surface area contributed by atoms with Gasteiger partial charge in [0.25, 0.3) is 0 Å². The zero-order chi connectivity index (χ0) is 37.5. The first-order chi connectivity index (χ1) is 24.6. The summed E-state index contributed by atoms with van der Waals surface area (Å²) in [4.78, 5) is -3.94. The standard InChI is InChI=1S/C40H22F10OS2/c41-52(42,43,44,45)39-28-14-5-1-10-24(28)36(25-11-2-6-15-29(25)39)23-20-21-32-35(22-23)51-34-19-9-18-33(38(32)34)37-26-12-3-7-16-30(26)40(53(46,47,48,49)50)31-17-8-4-13-27(31)37/h1-22H. The number of hydrogen-bond acceptors (Lipinski definition) is 1. The fourth-order valence-electron chi connectivity index (χ4n) is 7.80. The third-order valence-corrected chi connectivity index (χ3v) is 12.0. The number of halogens is 10. The second-order valence-corrected chi connectivity index (χ2v) is 17.7. The van der Waals surface area contributed by atoms with Gasteiger partial charge < -0.3 is 4.42 Å². The van der Waals surface area contributed by atoms with E-state index < -0.39 is 51.8 Å². The molecule has 0 N–H and O–H groups in total. The topological polar surface area (TPSA) is 13.1 Å². The molecular formula is C40H22F10OS2. The highest BCUT2D eigenvalue weighted by Crippen LogP contribution is 3.04. The summed E-state index contributed by atoms with van der Waals surface area (Å²) in [6, 6.07) is 30.1. The molecule has 0 amide bonds. The van der Waals surface area contributed by atoms with Crippen molar-refractivity contribution in [2.24, 2.45) is 0 Å². The lowest BCUT2D eigenvalue weighted by Gasteiger charge is -2.42. The van der Waals surface area contributed by atoms with E-state index in [4.69, 9.17) is 4.42 Å². The highest BCUT2D eigenvalue weighted by atomic mass is 32.5. The van der Waals surface area contributed by atoms with Crippen LogP contribution in [0.25, 0.3) is 87.3 Å². The minimum Gasteiger partial charge on any atom is -0.456 e. The summed E-state index contributed by atoms with van der Waals surface area (Å²) in [5, 5.41) is -1.98. The summed E-state index contributed by atoms with van der Waals surface area (Å²) in [6.07, 6.45) is 0. The Morgan fingerprint density at radius 1 is 0.340 bits per heavy atom. The van der Waals surface area contributed by atoms with Crippen LogP contribution >= 0.6 is 20.4 Å². The van der Waals surface area contributed by atoms with Crippen LogP contribution in [0.3, 0.4) is 0 Å². The monoisotopic (exact) mass is 772 g/mol. The number of fused-ring (bicyclic) bond motifs is 7. The summed E-state index contributed by atoms with van der Waals surface area (Å²) in [5.41, 5.74) is 1.81. The van der Waals surface area contributed by atoms with Gasteiger partial charge in [-0.15, -0.1) is 0 Å². The number of furan rings is 1. The van der Waals surface area contributed by atoms with Crippen molar-refractivity contribution < 1.29 is 43.3 Å². The molecule has 0 aliphatic rings. The number of hydrogen-bond donors (Lipinski definition) is 0. The highest BCUT2D eigenvalue weighted by molar-refractivity contribution is 8.46. The van der Waals surface area contributed by atoms with Crippen LogP contribution in [0.1, 0.15) is 0 Å². The quantitative estimate of drug-likeness (QED) is 0.128. The molecule has 270 valence electrons. The Morgan fingerprint density at radius 3 is 1.15 bits per heavy atom. The van der Waals surface area contributed by atoms with Gasteiger partial charge in [-0.25, -0.2) is 0 Å². The summed E-state index contributed by atoms with van der Waals surface area (Å²) >= 11 is 0. The zero-order valence-electron chi connectivity index (χ0n) is 26.7. The molecule has 0 radical (unpaired) electrons. The van der Waals surface area contributed by atoms with Crippen molar-refractivity contribution in [1.82, 2.24) is 0 Å². The SMILES string of the molecule is FS(F)(F)(F)(F)c1c2ccccc2c(-c2ccc3c(c2)oc2cccc(-c4c5ccccc5c(S(F)(F)(F)(F)F)c5ccccc45)c23)c2ccccc12. The summed E-state index contributed by atoms with van der Waals surface area (Å²) in [6.45, 7) is 0. The molecular weight excluding hydrogens is 751 g/mol. The Morgan fingerprint density at radius 2 is 0.736 bits per heavy atom. The molecule has 0 saturated carbocycles. The van der Waals surface area contributed by atoms with Crippen molar-refractivity contribution in [3.63, 3.8) is 0 Å². The summed E-state index contributed by atoms with van der Waals surface area (Å²) < 4.78 is 153. The molecule has 1 nitrogen and oxygen atoms in total. The van der Waals surface area contributed by atoms with Crippen LogP contribution in [0.5, 0.6) is 0 Å². The molecule has 53 heavy (non-hydrogen) atoms. The highest BCUT2D eigenvalue weighted by Gasteiger charge is 2.68. The van der Waals surface area contributed by atoms with Crippen LogP contribution in [-0.4, -0.2) is 0 Å². The molecule has 9 rings (SSSR count). The lowest BCUT2D eigenvalue weighted by molar-refractivity contribution is 0.363. The van der Waals surface area contributed by atoms with E-state index in [1.54, 1.807) is 36.4 Å². The van der Waals surface area contributed by atoms with Crippen molar-refractivity contribution in [3.05, 3.63) is 133 Å². The predicted octanol–water partition coefficient (Wildman–Crippen LogP) is 16.8. The van der Waals surface area contributed by atoms with Crippen molar-refractivity contribution in [2.45, 2.75) is 9.79 Å². The Balaban J connectivity index is 1.36. The van der Waals surface area contributed by atoms with Crippen LogP contribution in [0.2, 0.25) is 0 Å². The van der Waals surface area contributed by atoms with Gasteiger partial charge in [0.05, 0.1) is 0 Å². The molecule has 13 heteroatoms. The van der Waals surface area contributed by atoms with E-state index in [0.29, 0.717) is 27.5 Å². The molecule has 0 atom stereocenters. The van der Waals surface area contributed by atoms with Gasteiger partial charge in [0, 0.05) is 32.3 Å². The summed E-state index contributed by atoms with van der Waals surface area (Å²) in [5.74, 6) is 0. The Hall–Kier alpha value is -5.40. The van der Waals surface area contributed by atoms with Gasteiger partial charge in [0.15, 0.2) is 0 Å². The maximum Gasteiger partial charge on any atom is 0.311 e. The first-order valence-electron chi connectivity index (χ1n) is 15.9. The zero-order valence-corrected chi connectivity index (χ0v) is 28.3. The number of benzene rings is 8. The molecule has 0 unspecified atom stereocenters. The van der Waals surface area contributed by atoms with E-state index in [9.17, 15) is 38.9 Å². The molecule has 0 bridgehead atoms. The van der Waals surface area contributed by atoms with Crippen molar-refractivity contribution in [2.75, 3.05) is 0 Å². The molecule has 0 saturated heterocycles. The molecule has 1 heterocycles. The fraction of sp³-hybridized carbons (Fsp3) is 0. The molecule has 0 aliphatic heterocycles. The smallest absolute Gasteiger partial charge is 0.311 e. The van der Waals surface area contributed by atoms with E-state index in [-0.39, 0.29) is 38.3 Å². The van der Waals surface area contributed by atoms with Gasteiger partial charge >= 0.3 is 20.4 Å². The molecule has 1 aromatic heterocycles. The second-order valence-electron chi connectivity index (χ2n) is 13.0. The van der Waals surface area contributed by atoms with Gasteiger partial charge in [-0.3, -0.25) is 0 Å². The van der Waals surface area contributed by atoms with E-state index in [1.165, 1.54) is 72.8 Å². The van der Waals surface area contributed by atoms with Gasteiger partial charge in [0.1, 0.15) is 21.0 Å². The van der Waals surface area contributed by atoms with Gasteiger partial charge in [-0.2, -0.15) is 0 Å². The van der Waals surface area contributed by atoms with Crippen molar-refractivity contribution in [3.8, 4) is 22.3 Å². The fourth-order valence-corrected chi connectivity index (χ4v) is 10.2. The summed E-state index contributed by atoms with van der Waals surface area (Å²) in [7, 11) is -20.5. The third kappa shape index (κ3) is 5.19. The van der Waals surface area contributed by atoms with E-state index in [2.05, 4.69) is 0 Å². The first-order valence-corrected chi connectivity index (χ1v) is 19.8. The third-order valence-electron chi connectivity index (χ3n) is 9.59. The van der Waals surface area contributed by atoms with Crippen LogP contribution in [-0.2, 0) is 0 Å². The maximum absolute atomic E-state index is 14.7. The van der Waals surface area contributed by atoms with Gasteiger partial charge in [-0.1, -0.05) is 154 Å². The normalized spacial score (nSPS) is 15.6.